The number of piperidine rings is 1. The van der Waals surface area contributed by atoms with Gasteiger partial charge in [-0.3, -0.25) is 9.59 Å². The Bertz CT molecular complexity index is 525. The molecule has 0 saturated carbocycles. The highest BCUT2D eigenvalue weighted by Crippen LogP contribution is 2.13. The molecule has 2 rings (SSSR count). The molecular formula is C20H30N2O3. The van der Waals surface area contributed by atoms with E-state index >= 15 is 0 Å². The average Bonchev–Trinajstić information content (AvgIpc) is 2.65. The quantitative estimate of drug-likeness (QED) is 0.699. The smallest absolute Gasteiger partial charge is 0.222 e. The summed E-state index contributed by atoms with van der Waals surface area (Å²) in [6.07, 6.45) is 5.54. The van der Waals surface area contributed by atoms with Crippen molar-refractivity contribution in [2.45, 2.75) is 57.9 Å². The van der Waals surface area contributed by atoms with Crippen LogP contribution >= 0.6 is 0 Å². The summed E-state index contributed by atoms with van der Waals surface area (Å²) in [5.74, 6) is 1.17. The van der Waals surface area contributed by atoms with Crippen molar-refractivity contribution in [3.8, 4) is 5.75 Å². The molecule has 0 aliphatic carbocycles. The van der Waals surface area contributed by atoms with Crippen molar-refractivity contribution in [1.82, 2.24) is 10.2 Å². The number of benzene rings is 1. The summed E-state index contributed by atoms with van der Waals surface area (Å²) >= 11 is 0. The third kappa shape index (κ3) is 7.16. The molecular weight excluding hydrogens is 316 g/mol. The van der Waals surface area contributed by atoms with Crippen LogP contribution in [-0.4, -0.2) is 42.5 Å². The Kier molecular flexibility index (Phi) is 8.29. The molecule has 2 amide bonds. The number of ether oxygens (including phenoxy) is 1. The highest BCUT2D eigenvalue weighted by atomic mass is 16.5. The van der Waals surface area contributed by atoms with Gasteiger partial charge in [-0.2, -0.15) is 0 Å². The fraction of sp³-hybridized carbons (Fsp3) is 0.600. The van der Waals surface area contributed by atoms with E-state index in [9.17, 15) is 9.59 Å². The number of hydrogen-bond donors (Lipinski definition) is 1. The molecule has 0 bridgehead atoms. The topological polar surface area (TPSA) is 58.6 Å². The van der Waals surface area contributed by atoms with Gasteiger partial charge in [0.1, 0.15) is 5.75 Å². The van der Waals surface area contributed by atoms with Crippen LogP contribution in [0.1, 0.15) is 51.9 Å². The van der Waals surface area contributed by atoms with Gasteiger partial charge in [0.2, 0.25) is 11.8 Å². The van der Waals surface area contributed by atoms with E-state index in [0.717, 1.165) is 44.5 Å². The number of nitrogens with zero attached hydrogens (tertiary/aromatic N) is 1. The second kappa shape index (κ2) is 10.7. The van der Waals surface area contributed by atoms with Crippen LogP contribution < -0.4 is 10.1 Å². The number of para-hydroxylation sites is 1. The first kappa shape index (κ1) is 19.3. The van der Waals surface area contributed by atoms with Crippen molar-refractivity contribution in [3.05, 3.63) is 30.3 Å². The van der Waals surface area contributed by atoms with E-state index in [0.29, 0.717) is 25.9 Å². The van der Waals surface area contributed by atoms with Crippen molar-refractivity contribution in [1.29, 1.82) is 0 Å². The molecule has 0 radical (unpaired) electrons. The van der Waals surface area contributed by atoms with Gasteiger partial charge < -0.3 is 15.0 Å². The summed E-state index contributed by atoms with van der Waals surface area (Å²) in [6, 6.07) is 9.83. The van der Waals surface area contributed by atoms with Gasteiger partial charge in [-0.15, -0.1) is 0 Å². The SMILES string of the molecule is CCCCC(=O)N1CCC(NC(=O)CCCOc2ccccc2)CC1. The Morgan fingerprint density at radius 2 is 1.84 bits per heavy atom. The van der Waals surface area contributed by atoms with E-state index in [2.05, 4.69) is 12.2 Å². The lowest BCUT2D eigenvalue weighted by Gasteiger charge is -2.32. The van der Waals surface area contributed by atoms with Crippen LogP contribution in [0, 0.1) is 0 Å². The number of carbonyl (C=O) groups excluding carboxylic acids is 2. The molecule has 0 unspecified atom stereocenters. The molecule has 5 nitrogen and oxygen atoms in total. The molecule has 0 spiro atoms. The van der Waals surface area contributed by atoms with Crippen LogP contribution in [0.2, 0.25) is 0 Å². The van der Waals surface area contributed by atoms with Crippen LogP contribution in [0.25, 0.3) is 0 Å². The minimum Gasteiger partial charge on any atom is -0.494 e. The molecule has 1 aromatic carbocycles. The Morgan fingerprint density at radius 1 is 1.12 bits per heavy atom. The number of unbranched alkanes of at least 4 members (excludes halogenated alkanes) is 1. The Morgan fingerprint density at radius 3 is 2.52 bits per heavy atom. The van der Waals surface area contributed by atoms with Gasteiger partial charge >= 0.3 is 0 Å². The van der Waals surface area contributed by atoms with Crippen LogP contribution in [0.4, 0.5) is 0 Å². The summed E-state index contributed by atoms with van der Waals surface area (Å²) in [6.45, 7) is 4.15. The number of likely N-dealkylation sites (tertiary alicyclic amines) is 1. The third-order valence-electron chi connectivity index (χ3n) is 4.52. The second-order valence-corrected chi connectivity index (χ2v) is 6.59. The molecule has 1 aliphatic heterocycles. The van der Waals surface area contributed by atoms with E-state index in [1.807, 2.05) is 35.2 Å². The Balaban J connectivity index is 1.56. The Hall–Kier alpha value is -2.04. The molecule has 1 aliphatic rings. The van der Waals surface area contributed by atoms with Crippen LogP contribution in [0.3, 0.4) is 0 Å². The van der Waals surface area contributed by atoms with E-state index in [1.165, 1.54) is 0 Å². The summed E-state index contributed by atoms with van der Waals surface area (Å²) in [5.41, 5.74) is 0. The van der Waals surface area contributed by atoms with Gasteiger partial charge in [0.05, 0.1) is 6.61 Å². The maximum atomic E-state index is 12.0. The molecule has 1 heterocycles. The summed E-state index contributed by atoms with van der Waals surface area (Å²) in [5, 5.41) is 3.09. The third-order valence-corrected chi connectivity index (χ3v) is 4.52. The number of hydrogen-bond acceptors (Lipinski definition) is 3. The van der Waals surface area contributed by atoms with Crippen molar-refractivity contribution in [2.24, 2.45) is 0 Å². The van der Waals surface area contributed by atoms with Crippen molar-refractivity contribution < 1.29 is 14.3 Å². The standard InChI is InChI=1S/C20H30N2O3/c1-2-3-11-20(24)22-14-12-17(13-15-22)21-19(23)10-7-16-25-18-8-5-4-6-9-18/h4-6,8-9,17H,2-3,7,10-16H2,1H3,(H,21,23). The van der Waals surface area contributed by atoms with Crippen LogP contribution in [0.5, 0.6) is 5.75 Å². The van der Waals surface area contributed by atoms with Gasteiger partial charge in [-0.1, -0.05) is 31.5 Å². The second-order valence-electron chi connectivity index (χ2n) is 6.59. The van der Waals surface area contributed by atoms with Crippen molar-refractivity contribution in [3.63, 3.8) is 0 Å². The Labute approximate surface area is 150 Å². The lowest BCUT2D eigenvalue weighted by Crippen LogP contribution is -2.46. The molecule has 0 aromatic heterocycles. The molecule has 1 N–H and O–H groups in total. The first-order valence-corrected chi connectivity index (χ1v) is 9.44. The van der Waals surface area contributed by atoms with Gasteiger partial charge in [0, 0.05) is 32.0 Å². The lowest BCUT2D eigenvalue weighted by atomic mass is 10.0. The summed E-state index contributed by atoms with van der Waals surface area (Å²) < 4.78 is 5.59. The first-order valence-electron chi connectivity index (χ1n) is 9.44. The van der Waals surface area contributed by atoms with Crippen LogP contribution in [0.15, 0.2) is 30.3 Å². The fourth-order valence-corrected chi connectivity index (χ4v) is 3.00. The summed E-state index contributed by atoms with van der Waals surface area (Å²) in [4.78, 5) is 26.0. The fourth-order valence-electron chi connectivity index (χ4n) is 3.00. The number of amides is 2. The predicted octanol–water partition coefficient (Wildman–Crippen LogP) is 3.14. The molecule has 138 valence electrons. The highest BCUT2D eigenvalue weighted by molar-refractivity contribution is 5.77. The maximum Gasteiger partial charge on any atom is 0.222 e. The average molecular weight is 346 g/mol. The lowest BCUT2D eigenvalue weighted by molar-refractivity contribution is -0.132. The van der Waals surface area contributed by atoms with E-state index in [4.69, 9.17) is 4.74 Å². The number of carbonyl (C=O) groups is 2. The summed E-state index contributed by atoms with van der Waals surface area (Å²) in [7, 11) is 0. The maximum absolute atomic E-state index is 12.0. The zero-order valence-electron chi connectivity index (χ0n) is 15.2. The minimum absolute atomic E-state index is 0.0763. The normalized spacial score (nSPS) is 15.0. The monoisotopic (exact) mass is 346 g/mol. The molecule has 1 fully saturated rings. The highest BCUT2D eigenvalue weighted by Gasteiger charge is 2.23. The molecule has 1 aromatic rings. The number of rotatable bonds is 9. The van der Waals surface area contributed by atoms with E-state index < -0.39 is 0 Å². The molecule has 25 heavy (non-hydrogen) atoms. The van der Waals surface area contributed by atoms with E-state index in [-0.39, 0.29) is 17.9 Å². The van der Waals surface area contributed by atoms with Crippen LogP contribution in [-0.2, 0) is 9.59 Å². The van der Waals surface area contributed by atoms with Crippen molar-refractivity contribution >= 4 is 11.8 Å². The minimum atomic E-state index is 0.0763. The molecule has 5 heteroatoms. The van der Waals surface area contributed by atoms with Gasteiger partial charge in [0.25, 0.3) is 0 Å². The number of nitrogens with one attached hydrogen (secondary N) is 1. The molecule has 0 atom stereocenters. The molecule has 1 saturated heterocycles. The van der Waals surface area contributed by atoms with Gasteiger partial charge in [-0.05, 0) is 37.8 Å². The van der Waals surface area contributed by atoms with Gasteiger partial charge in [-0.25, -0.2) is 0 Å². The van der Waals surface area contributed by atoms with Crippen molar-refractivity contribution in [2.75, 3.05) is 19.7 Å². The zero-order chi connectivity index (χ0) is 17.9. The largest absolute Gasteiger partial charge is 0.494 e. The van der Waals surface area contributed by atoms with Gasteiger partial charge in [0.15, 0.2) is 0 Å². The predicted molar refractivity (Wildman–Crippen MR) is 98.4 cm³/mol. The van der Waals surface area contributed by atoms with E-state index in [1.54, 1.807) is 0 Å². The zero-order valence-corrected chi connectivity index (χ0v) is 15.2. The first-order chi connectivity index (χ1) is 12.2.